The van der Waals surface area contributed by atoms with Crippen molar-refractivity contribution >= 4 is 0 Å². The van der Waals surface area contributed by atoms with Gasteiger partial charge in [-0.05, 0) is 23.5 Å². The molecule has 0 fully saturated rings. The van der Waals surface area contributed by atoms with Crippen LogP contribution in [0.2, 0.25) is 0 Å². The molecule has 0 aromatic heterocycles. The van der Waals surface area contributed by atoms with Crippen LogP contribution in [0.4, 0.5) is 0 Å². The molecular weight excluding hydrogens is 230 g/mol. The average Bonchev–Trinajstić information content (AvgIpc) is 2.40. The Bertz CT molecular complexity index is 283. The maximum absolute atomic E-state index is 5.50. The van der Waals surface area contributed by atoms with Crippen molar-refractivity contribution in [2.75, 3.05) is 0 Å². The van der Waals surface area contributed by atoms with Crippen LogP contribution < -0.4 is 5.73 Å². The fourth-order valence-corrected chi connectivity index (χ4v) is 1.96. The predicted molar refractivity (Wildman–Crippen MR) is 87.3 cm³/mol. The summed E-state index contributed by atoms with van der Waals surface area (Å²) in [7, 11) is 0. The van der Waals surface area contributed by atoms with Crippen molar-refractivity contribution in [1.29, 1.82) is 0 Å². The summed E-state index contributed by atoms with van der Waals surface area (Å²) in [6.07, 6.45) is 8.17. The molecule has 110 valence electrons. The fourth-order valence-electron chi connectivity index (χ4n) is 1.96. The van der Waals surface area contributed by atoms with Crippen LogP contribution >= 0.6 is 0 Å². The van der Waals surface area contributed by atoms with Crippen molar-refractivity contribution in [3.8, 4) is 0 Å². The van der Waals surface area contributed by atoms with Gasteiger partial charge < -0.3 is 5.73 Å². The van der Waals surface area contributed by atoms with Gasteiger partial charge in [0.05, 0.1) is 0 Å². The quantitative estimate of drug-likeness (QED) is 0.662. The lowest BCUT2D eigenvalue weighted by molar-refractivity contribution is 0.647. The van der Waals surface area contributed by atoms with Crippen LogP contribution in [-0.2, 0) is 13.0 Å². The van der Waals surface area contributed by atoms with Crippen molar-refractivity contribution in [1.82, 2.24) is 0 Å². The number of nitrogens with two attached hydrogens (primary N) is 1. The van der Waals surface area contributed by atoms with E-state index in [9.17, 15) is 0 Å². The summed E-state index contributed by atoms with van der Waals surface area (Å²) in [5.74, 6) is 0.730. The lowest BCUT2D eigenvalue weighted by Gasteiger charge is -2.04. The Morgan fingerprint density at radius 3 is 1.68 bits per heavy atom. The molecule has 0 aliphatic rings. The number of unbranched alkanes of at least 4 members (excludes halogenated alkanes) is 4. The first-order valence-corrected chi connectivity index (χ1v) is 7.91. The molecule has 0 spiro atoms. The van der Waals surface area contributed by atoms with E-state index in [0.29, 0.717) is 6.54 Å². The van der Waals surface area contributed by atoms with E-state index in [-0.39, 0.29) is 0 Å². The van der Waals surface area contributed by atoms with Crippen molar-refractivity contribution in [2.45, 2.75) is 72.8 Å². The van der Waals surface area contributed by atoms with E-state index in [1.807, 2.05) is 0 Å². The Hall–Kier alpha value is -0.820. The lowest BCUT2D eigenvalue weighted by Crippen LogP contribution is -1.97. The standard InChI is InChI=1S/C11H17N.C7H16/c1-9(2)7-10-3-5-11(8-12)6-4-10;1-3-5-7-6-4-2/h3-6,9H,7-8,12H2,1-2H3;3-7H2,1-2H3. The third-order valence-corrected chi connectivity index (χ3v) is 3.11. The third-order valence-electron chi connectivity index (χ3n) is 3.11. The Morgan fingerprint density at radius 1 is 0.842 bits per heavy atom. The molecule has 2 N–H and O–H groups in total. The highest BCUT2D eigenvalue weighted by molar-refractivity contribution is 5.22. The zero-order chi connectivity index (χ0) is 14.5. The molecule has 0 unspecified atom stereocenters. The molecule has 0 aliphatic heterocycles. The van der Waals surface area contributed by atoms with Crippen LogP contribution in [-0.4, -0.2) is 0 Å². The molecule has 0 radical (unpaired) electrons. The number of hydrogen-bond acceptors (Lipinski definition) is 1. The number of rotatable bonds is 7. The van der Waals surface area contributed by atoms with Gasteiger partial charge in [0.2, 0.25) is 0 Å². The summed E-state index contributed by atoms with van der Waals surface area (Å²) < 4.78 is 0. The van der Waals surface area contributed by atoms with Gasteiger partial charge in [-0.2, -0.15) is 0 Å². The second-order valence-electron chi connectivity index (χ2n) is 5.68. The van der Waals surface area contributed by atoms with Crippen molar-refractivity contribution in [3.63, 3.8) is 0 Å². The molecule has 1 aromatic rings. The van der Waals surface area contributed by atoms with E-state index in [1.54, 1.807) is 0 Å². The van der Waals surface area contributed by atoms with Gasteiger partial charge in [0.25, 0.3) is 0 Å². The molecule has 0 bridgehead atoms. The highest BCUT2D eigenvalue weighted by Gasteiger charge is 1.96. The van der Waals surface area contributed by atoms with Crippen LogP contribution in [0.1, 0.15) is 70.9 Å². The largest absolute Gasteiger partial charge is 0.326 e. The Labute approximate surface area is 120 Å². The first-order valence-electron chi connectivity index (χ1n) is 7.91. The molecule has 0 aliphatic carbocycles. The highest BCUT2D eigenvalue weighted by Crippen LogP contribution is 2.09. The fraction of sp³-hybridized carbons (Fsp3) is 0.667. The van der Waals surface area contributed by atoms with Gasteiger partial charge in [0.1, 0.15) is 0 Å². The van der Waals surface area contributed by atoms with Gasteiger partial charge in [-0.3, -0.25) is 0 Å². The van der Waals surface area contributed by atoms with Crippen molar-refractivity contribution in [3.05, 3.63) is 35.4 Å². The maximum Gasteiger partial charge on any atom is 0.0178 e. The Balaban J connectivity index is 0.000000399. The monoisotopic (exact) mass is 263 g/mol. The number of hydrogen-bond donors (Lipinski definition) is 1. The first kappa shape index (κ1) is 18.2. The molecule has 0 amide bonds. The minimum atomic E-state index is 0.641. The van der Waals surface area contributed by atoms with E-state index in [2.05, 4.69) is 52.0 Å². The van der Waals surface area contributed by atoms with Gasteiger partial charge in [0.15, 0.2) is 0 Å². The molecule has 1 rings (SSSR count). The van der Waals surface area contributed by atoms with E-state index in [1.165, 1.54) is 43.2 Å². The summed E-state index contributed by atoms with van der Waals surface area (Å²) in [5.41, 5.74) is 8.12. The van der Waals surface area contributed by atoms with E-state index in [4.69, 9.17) is 5.73 Å². The average molecular weight is 263 g/mol. The Morgan fingerprint density at radius 2 is 1.32 bits per heavy atom. The zero-order valence-corrected chi connectivity index (χ0v) is 13.4. The van der Waals surface area contributed by atoms with Crippen molar-refractivity contribution in [2.24, 2.45) is 11.7 Å². The lowest BCUT2D eigenvalue weighted by atomic mass is 10.0. The van der Waals surface area contributed by atoms with E-state index < -0.39 is 0 Å². The zero-order valence-electron chi connectivity index (χ0n) is 13.4. The minimum absolute atomic E-state index is 0.641. The minimum Gasteiger partial charge on any atom is -0.326 e. The summed E-state index contributed by atoms with van der Waals surface area (Å²) >= 11 is 0. The van der Waals surface area contributed by atoms with Gasteiger partial charge in [-0.25, -0.2) is 0 Å². The summed E-state index contributed by atoms with van der Waals surface area (Å²) in [4.78, 5) is 0. The molecule has 1 heteroatoms. The van der Waals surface area contributed by atoms with Gasteiger partial charge in [0, 0.05) is 6.54 Å². The maximum atomic E-state index is 5.50. The summed E-state index contributed by atoms with van der Waals surface area (Å²) in [6.45, 7) is 9.60. The van der Waals surface area contributed by atoms with Gasteiger partial charge in [-0.1, -0.05) is 84.1 Å². The highest BCUT2D eigenvalue weighted by atomic mass is 14.5. The predicted octanol–water partition coefficient (Wildman–Crippen LogP) is 5.32. The normalized spacial score (nSPS) is 10.2. The molecule has 0 saturated heterocycles. The molecule has 1 aromatic carbocycles. The van der Waals surface area contributed by atoms with Crippen LogP contribution in [0, 0.1) is 5.92 Å². The summed E-state index contributed by atoms with van der Waals surface area (Å²) in [6, 6.07) is 8.56. The van der Waals surface area contributed by atoms with Crippen molar-refractivity contribution < 1.29 is 0 Å². The number of benzene rings is 1. The van der Waals surface area contributed by atoms with Crippen LogP contribution in [0.15, 0.2) is 24.3 Å². The Kier molecular flexibility index (Phi) is 11.7. The van der Waals surface area contributed by atoms with Crippen LogP contribution in [0.3, 0.4) is 0 Å². The molecule has 19 heavy (non-hydrogen) atoms. The molecule has 1 nitrogen and oxygen atoms in total. The second-order valence-corrected chi connectivity index (χ2v) is 5.68. The third kappa shape index (κ3) is 10.8. The van der Waals surface area contributed by atoms with Gasteiger partial charge >= 0.3 is 0 Å². The topological polar surface area (TPSA) is 26.0 Å². The molecule has 0 saturated carbocycles. The first-order chi connectivity index (χ1) is 9.13. The second kappa shape index (κ2) is 12.2. The molecule has 0 heterocycles. The van der Waals surface area contributed by atoms with E-state index >= 15 is 0 Å². The smallest absolute Gasteiger partial charge is 0.0178 e. The SMILES string of the molecule is CC(C)Cc1ccc(CN)cc1.CCCCCCC. The van der Waals surface area contributed by atoms with Crippen LogP contribution in [0.5, 0.6) is 0 Å². The molecular formula is C18H33N. The van der Waals surface area contributed by atoms with Crippen LogP contribution in [0.25, 0.3) is 0 Å². The molecule has 0 atom stereocenters. The summed E-state index contributed by atoms with van der Waals surface area (Å²) in [5, 5.41) is 0. The van der Waals surface area contributed by atoms with E-state index in [0.717, 1.165) is 12.3 Å². The van der Waals surface area contributed by atoms with Gasteiger partial charge in [-0.15, -0.1) is 0 Å².